The Labute approximate surface area is 73.7 Å². The summed E-state index contributed by atoms with van der Waals surface area (Å²) in [6, 6.07) is 0. The summed E-state index contributed by atoms with van der Waals surface area (Å²) in [4.78, 5) is 13.4. The van der Waals surface area contributed by atoms with Gasteiger partial charge < -0.3 is 4.74 Å². The van der Waals surface area contributed by atoms with Gasteiger partial charge in [-0.1, -0.05) is 6.92 Å². The largest absolute Gasteiger partial charge is 0.383 e. The highest BCUT2D eigenvalue weighted by molar-refractivity contribution is 5.81. The maximum absolute atomic E-state index is 11.2. The first kappa shape index (κ1) is 9.68. The molecule has 1 aliphatic heterocycles. The summed E-state index contributed by atoms with van der Waals surface area (Å²) >= 11 is 0. The fraction of sp³-hybridized carbons (Fsp3) is 0.889. The number of carbonyl (C=O) groups excluding carboxylic acids is 1. The molecular formula is C9H17NO2. The molecule has 0 N–H and O–H groups in total. The lowest BCUT2D eigenvalue weighted by atomic mass is 9.99. The van der Waals surface area contributed by atoms with Gasteiger partial charge in [-0.3, -0.25) is 9.69 Å². The Bertz CT molecular complexity index is 159. The zero-order valence-corrected chi connectivity index (χ0v) is 7.88. The maximum atomic E-state index is 11.2. The molecule has 0 aromatic heterocycles. The predicted octanol–water partition coefficient (Wildman–Crippen LogP) is 0.544. The second-order valence-corrected chi connectivity index (χ2v) is 3.41. The Morgan fingerprint density at radius 3 is 3.00 bits per heavy atom. The molecule has 0 spiro atoms. The first-order valence-corrected chi connectivity index (χ1v) is 4.48. The van der Waals surface area contributed by atoms with Crippen molar-refractivity contribution in [2.75, 3.05) is 33.4 Å². The minimum atomic E-state index is 0.218. The normalized spacial score (nSPS) is 26.2. The molecule has 1 heterocycles. The third-order valence-electron chi connectivity index (χ3n) is 2.37. The van der Waals surface area contributed by atoms with Crippen molar-refractivity contribution in [3.63, 3.8) is 0 Å². The molecule has 3 heteroatoms. The van der Waals surface area contributed by atoms with Crippen molar-refractivity contribution in [2.45, 2.75) is 13.3 Å². The van der Waals surface area contributed by atoms with Crippen molar-refractivity contribution in [3.05, 3.63) is 0 Å². The number of rotatable bonds is 3. The van der Waals surface area contributed by atoms with Crippen molar-refractivity contribution >= 4 is 5.78 Å². The number of ether oxygens (including phenoxy) is 1. The highest BCUT2D eigenvalue weighted by Gasteiger charge is 2.22. The molecule has 1 atom stereocenters. The minimum absolute atomic E-state index is 0.218. The number of hydrogen-bond donors (Lipinski definition) is 0. The molecule has 0 aromatic rings. The van der Waals surface area contributed by atoms with Crippen LogP contribution in [0.2, 0.25) is 0 Å². The number of carbonyl (C=O) groups is 1. The van der Waals surface area contributed by atoms with E-state index in [1.165, 1.54) is 0 Å². The Kier molecular flexibility index (Phi) is 3.69. The standard InChI is InChI=1S/C9H17NO2/c1-8-7-10(5-6-12-2)4-3-9(8)11/h8H,3-7H2,1-2H3. The highest BCUT2D eigenvalue weighted by Crippen LogP contribution is 2.11. The van der Waals surface area contributed by atoms with Gasteiger partial charge in [0.15, 0.2) is 0 Å². The van der Waals surface area contributed by atoms with E-state index in [0.717, 1.165) is 26.2 Å². The van der Waals surface area contributed by atoms with E-state index in [1.807, 2.05) is 6.92 Å². The van der Waals surface area contributed by atoms with Crippen LogP contribution in [-0.4, -0.2) is 44.0 Å². The van der Waals surface area contributed by atoms with Gasteiger partial charge in [0.05, 0.1) is 6.61 Å². The third kappa shape index (κ3) is 2.57. The van der Waals surface area contributed by atoms with Crippen molar-refractivity contribution in [1.29, 1.82) is 0 Å². The molecule has 12 heavy (non-hydrogen) atoms. The van der Waals surface area contributed by atoms with Gasteiger partial charge in [-0.05, 0) is 0 Å². The molecule has 1 rings (SSSR count). The molecule has 0 bridgehead atoms. The lowest BCUT2D eigenvalue weighted by molar-refractivity contribution is -0.125. The summed E-state index contributed by atoms with van der Waals surface area (Å²) in [5.74, 6) is 0.624. The topological polar surface area (TPSA) is 29.5 Å². The summed E-state index contributed by atoms with van der Waals surface area (Å²) in [6.07, 6.45) is 0.713. The molecule has 1 aliphatic rings. The lowest BCUT2D eigenvalue weighted by Crippen LogP contribution is -2.41. The summed E-state index contributed by atoms with van der Waals surface area (Å²) in [5.41, 5.74) is 0. The smallest absolute Gasteiger partial charge is 0.138 e. The molecule has 0 aliphatic carbocycles. The zero-order chi connectivity index (χ0) is 8.97. The van der Waals surface area contributed by atoms with Gasteiger partial charge in [0, 0.05) is 39.1 Å². The van der Waals surface area contributed by atoms with Crippen LogP contribution in [0.25, 0.3) is 0 Å². The van der Waals surface area contributed by atoms with Crippen LogP contribution >= 0.6 is 0 Å². The van der Waals surface area contributed by atoms with Crippen LogP contribution < -0.4 is 0 Å². The second-order valence-electron chi connectivity index (χ2n) is 3.41. The number of nitrogens with zero attached hydrogens (tertiary/aromatic N) is 1. The molecular weight excluding hydrogens is 154 g/mol. The van der Waals surface area contributed by atoms with E-state index in [2.05, 4.69) is 4.90 Å². The molecule has 1 unspecified atom stereocenters. The Morgan fingerprint density at radius 1 is 1.67 bits per heavy atom. The van der Waals surface area contributed by atoms with E-state index < -0.39 is 0 Å². The fourth-order valence-corrected chi connectivity index (χ4v) is 1.52. The van der Waals surface area contributed by atoms with Crippen LogP contribution in [0.3, 0.4) is 0 Å². The second kappa shape index (κ2) is 4.58. The number of hydrogen-bond acceptors (Lipinski definition) is 3. The van der Waals surface area contributed by atoms with E-state index in [4.69, 9.17) is 4.74 Å². The average Bonchev–Trinajstić information content (AvgIpc) is 2.07. The minimum Gasteiger partial charge on any atom is -0.383 e. The van der Waals surface area contributed by atoms with E-state index in [9.17, 15) is 4.79 Å². The van der Waals surface area contributed by atoms with Crippen LogP contribution in [0.4, 0.5) is 0 Å². The molecule has 0 amide bonds. The summed E-state index contributed by atoms with van der Waals surface area (Å²) in [5, 5.41) is 0. The number of ketones is 1. The molecule has 0 saturated carbocycles. The lowest BCUT2D eigenvalue weighted by Gasteiger charge is -2.29. The van der Waals surface area contributed by atoms with Crippen LogP contribution in [0.15, 0.2) is 0 Å². The molecule has 0 radical (unpaired) electrons. The van der Waals surface area contributed by atoms with Gasteiger partial charge in [-0.15, -0.1) is 0 Å². The van der Waals surface area contributed by atoms with Gasteiger partial charge >= 0.3 is 0 Å². The quantitative estimate of drug-likeness (QED) is 0.621. The van der Waals surface area contributed by atoms with Gasteiger partial charge in [-0.25, -0.2) is 0 Å². The number of likely N-dealkylation sites (tertiary alicyclic amines) is 1. The Morgan fingerprint density at radius 2 is 2.42 bits per heavy atom. The highest BCUT2D eigenvalue weighted by atomic mass is 16.5. The van der Waals surface area contributed by atoms with E-state index in [0.29, 0.717) is 12.2 Å². The van der Waals surface area contributed by atoms with Gasteiger partial charge in [0.1, 0.15) is 5.78 Å². The van der Waals surface area contributed by atoms with Gasteiger partial charge in [0.25, 0.3) is 0 Å². The van der Waals surface area contributed by atoms with Crippen molar-refractivity contribution < 1.29 is 9.53 Å². The van der Waals surface area contributed by atoms with Gasteiger partial charge in [0.2, 0.25) is 0 Å². The first-order valence-electron chi connectivity index (χ1n) is 4.48. The fourth-order valence-electron chi connectivity index (χ4n) is 1.52. The number of methoxy groups -OCH3 is 1. The average molecular weight is 171 g/mol. The van der Waals surface area contributed by atoms with Crippen molar-refractivity contribution in [3.8, 4) is 0 Å². The monoisotopic (exact) mass is 171 g/mol. The number of piperidine rings is 1. The molecule has 0 aromatic carbocycles. The van der Waals surface area contributed by atoms with E-state index in [-0.39, 0.29) is 5.92 Å². The molecule has 3 nitrogen and oxygen atoms in total. The maximum Gasteiger partial charge on any atom is 0.138 e. The van der Waals surface area contributed by atoms with Crippen molar-refractivity contribution in [2.24, 2.45) is 5.92 Å². The number of Topliss-reactive ketones (excluding diaryl/α,β-unsaturated/α-hetero) is 1. The molecule has 1 fully saturated rings. The predicted molar refractivity (Wildman–Crippen MR) is 47.1 cm³/mol. The van der Waals surface area contributed by atoms with Crippen LogP contribution in [0.1, 0.15) is 13.3 Å². The van der Waals surface area contributed by atoms with Crippen molar-refractivity contribution in [1.82, 2.24) is 4.90 Å². The van der Waals surface area contributed by atoms with Gasteiger partial charge in [-0.2, -0.15) is 0 Å². The van der Waals surface area contributed by atoms with Crippen LogP contribution in [0.5, 0.6) is 0 Å². The zero-order valence-electron chi connectivity index (χ0n) is 7.88. The molecule has 1 saturated heterocycles. The summed E-state index contributed by atoms with van der Waals surface area (Å²) in [7, 11) is 1.71. The first-order chi connectivity index (χ1) is 5.74. The van der Waals surface area contributed by atoms with Crippen LogP contribution in [-0.2, 0) is 9.53 Å². The molecule has 70 valence electrons. The summed E-state index contributed by atoms with van der Waals surface area (Å²) in [6.45, 7) is 5.53. The van der Waals surface area contributed by atoms with E-state index >= 15 is 0 Å². The Balaban J connectivity index is 2.25. The Hall–Kier alpha value is -0.410. The van der Waals surface area contributed by atoms with Crippen LogP contribution in [0, 0.1) is 5.92 Å². The van der Waals surface area contributed by atoms with E-state index in [1.54, 1.807) is 7.11 Å². The summed E-state index contributed by atoms with van der Waals surface area (Å²) < 4.78 is 4.98. The SMILES string of the molecule is COCCN1CCC(=O)C(C)C1. The third-order valence-corrected chi connectivity index (χ3v) is 2.37.